The smallest absolute Gasteiger partial charge is 0.327 e. The van der Waals surface area contributed by atoms with Crippen molar-refractivity contribution in [2.45, 2.75) is 12.1 Å². The van der Waals surface area contributed by atoms with Crippen molar-refractivity contribution < 1.29 is 19.8 Å². The maximum atomic E-state index is 10.9. The first-order valence-corrected chi connectivity index (χ1v) is 3.62. The number of rotatable bonds is 5. The van der Waals surface area contributed by atoms with Gasteiger partial charge in [-0.3, -0.25) is 4.79 Å². The molecular formula is C6H13N3O4. The Morgan fingerprint density at radius 3 is 2.31 bits per heavy atom. The zero-order chi connectivity index (χ0) is 10.4. The molecule has 0 aromatic carbocycles. The van der Waals surface area contributed by atoms with Crippen molar-refractivity contribution in [3.63, 3.8) is 0 Å². The van der Waals surface area contributed by atoms with E-state index in [0.717, 1.165) is 0 Å². The number of aliphatic hydroxyl groups excluding tert-OH is 1. The molecule has 2 atom stereocenters. The Morgan fingerprint density at radius 1 is 1.46 bits per heavy atom. The van der Waals surface area contributed by atoms with Crippen molar-refractivity contribution >= 4 is 11.9 Å². The van der Waals surface area contributed by atoms with Gasteiger partial charge in [0.1, 0.15) is 12.1 Å². The number of nitrogens with two attached hydrogens (primary N) is 2. The van der Waals surface area contributed by atoms with Crippen LogP contribution in [0.3, 0.4) is 0 Å². The Bertz CT molecular complexity index is 196. The Kier molecular flexibility index (Phi) is 4.97. The van der Waals surface area contributed by atoms with E-state index in [1.807, 2.05) is 0 Å². The van der Waals surface area contributed by atoms with Gasteiger partial charge in [-0.1, -0.05) is 0 Å². The lowest BCUT2D eigenvalue weighted by Gasteiger charge is -2.14. The average molecular weight is 191 g/mol. The molecule has 7 N–H and O–H groups in total. The molecule has 0 heterocycles. The first-order chi connectivity index (χ1) is 6.02. The van der Waals surface area contributed by atoms with Gasteiger partial charge in [-0.2, -0.15) is 0 Å². The number of hydrogen-bond donors (Lipinski definition) is 5. The van der Waals surface area contributed by atoms with E-state index >= 15 is 0 Å². The first-order valence-electron chi connectivity index (χ1n) is 3.62. The third kappa shape index (κ3) is 3.83. The van der Waals surface area contributed by atoms with E-state index in [9.17, 15) is 9.59 Å². The molecule has 0 unspecified atom stereocenters. The number of aliphatic carboxylic acids is 1. The van der Waals surface area contributed by atoms with Crippen LogP contribution in [-0.4, -0.2) is 47.3 Å². The number of hydrogen-bond acceptors (Lipinski definition) is 5. The molecule has 0 saturated heterocycles. The van der Waals surface area contributed by atoms with E-state index in [2.05, 4.69) is 5.32 Å². The summed E-state index contributed by atoms with van der Waals surface area (Å²) >= 11 is 0. The topological polar surface area (TPSA) is 139 Å². The van der Waals surface area contributed by atoms with E-state index in [1.54, 1.807) is 0 Å². The zero-order valence-corrected chi connectivity index (χ0v) is 6.93. The second kappa shape index (κ2) is 5.46. The lowest BCUT2D eigenvalue weighted by molar-refractivity contribution is -0.141. The Morgan fingerprint density at radius 2 is 2.00 bits per heavy atom. The highest BCUT2D eigenvalue weighted by atomic mass is 16.4. The van der Waals surface area contributed by atoms with Crippen LogP contribution in [0.25, 0.3) is 0 Å². The molecule has 0 rings (SSSR count). The highest BCUT2D eigenvalue weighted by molar-refractivity contribution is 5.86. The monoisotopic (exact) mass is 191 g/mol. The van der Waals surface area contributed by atoms with Crippen molar-refractivity contribution in [2.75, 3.05) is 13.2 Å². The van der Waals surface area contributed by atoms with Crippen LogP contribution in [0.5, 0.6) is 0 Å². The van der Waals surface area contributed by atoms with Crippen LogP contribution in [0, 0.1) is 0 Å². The SMILES string of the molecule is NC[C@H](NC(=O)[C@@H](N)CO)C(=O)O. The van der Waals surface area contributed by atoms with Gasteiger partial charge in [0.25, 0.3) is 0 Å². The average Bonchev–Trinajstić information content (AvgIpc) is 2.11. The Balaban J connectivity index is 4.09. The van der Waals surface area contributed by atoms with E-state index in [4.69, 9.17) is 21.7 Å². The molecule has 13 heavy (non-hydrogen) atoms. The Hall–Kier alpha value is -1.18. The summed E-state index contributed by atoms with van der Waals surface area (Å²) < 4.78 is 0. The van der Waals surface area contributed by atoms with Gasteiger partial charge in [-0.15, -0.1) is 0 Å². The van der Waals surface area contributed by atoms with Crippen LogP contribution in [-0.2, 0) is 9.59 Å². The summed E-state index contributed by atoms with van der Waals surface area (Å²) in [6.45, 7) is -0.762. The highest BCUT2D eigenvalue weighted by Crippen LogP contribution is 1.83. The van der Waals surface area contributed by atoms with Crippen molar-refractivity contribution in [1.29, 1.82) is 0 Å². The number of carbonyl (C=O) groups excluding carboxylic acids is 1. The first kappa shape index (κ1) is 11.8. The fraction of sp³-hybridized carbons (Fsp3) is 0.667. The molecule has 0 aliphatic rings. The van der Waals surface area contributed by atoms with Gasteiger partial charge < -0.3 is 27.0 Å². The van der Waals surface area contributed by atoms with Crippen molar-refractivity contribution in [3.05, 3.63) is 0 Å². The summed E-state index contributed by atoms with van der Waals surface area (Å²) in [6, 6.07) is -2.28. The fourth-order valence-corrected chi connectivity index (χ4v) is 0.583. The largest absolute Gasteiger partial charge is 0.480 e. The van der Waals surface area contributed by atoms with Gasteiger partial charge in [0.05, 0.1) is 6.61 Å². The summed E-state index contributed by atoms with van der Waals surface area (Å²) in [6.07, 6.45) is 0. The molecule has 1 amide bonds. The predicted octanol–water partition coefficient (Wildman–Crippen LogP) is -3.17. The third-order valence-corrected chi connectivity index (χ3v) is 1.38. The van der Waals surface area contributed by atoms with E-state index in [1.165, 1.54) is 0 Å². The molecular weight excluding hydrogens is 178 g/mol. The standard InChI is InChI=1S/C6H13N3O4/c7-1-4(6(12)13)9-5(11)3(8)2-10/h3-4,10H,1-2,7-8H2,(H,9,11)(H,12,13)/t3-,4-/m0/s1. The molecule has 7 nitrogen and oxygen atoms in total. The minimum atomic E-state index is -1.24. The number of aliphatic hydroxyl groups is 1. The van der Waals surface area contributed by atoms with Crippen LogP contribution in [0.2, 0.25) is 0 Å². The van der Waals surface area contributed by atoms with Crippen LogP contribution in [0.4, 0.5) is 0 Å². The summed E-state index contributed by atoms with van der Waals surface area (Å²) in [5.74, 6) is -1.97. The molecule has 76 valence electrons. The zero-order valence-electron chi connectivity index (χ0n) is 6.93. The molecule has 0 bridgehead atoms. The lowest BCUT2D eigenvalue weighted by atomic mass is 10.2. The van der Waals surface area contributed by atoms with Gasteiger partial charge in [0.15, 0.2) is 0 Å². The molecule has 0 fully saturated rings. The summed E-state index contributed by atoms with van der Waals surface area (Å²) in [5, 5.41) is 19.0. The van der Waals surface area contributed by atoms with E-state index in [0.29, 0.717) is 0 Å². The van der Waals surface area contributed by atoms with Crippen LogP contribution in [0.15, 0.2) is 0 Å². The maximum absolute atomic E-state index is 10.9. The molecule has 0 aliphatic carbocycles. The molecule has 0 aliphatic heterocycles. The second-order valence-electron chi connectivity index (χ2n) is 2.42. The number of carboxylic acids is 1. The summed E-state index contributed by atoms with van der Waals surface area (Å²) in [5.41, 5.74) is 10.2. The maximum Gasteiger partial charge on any atom is 0.327 e. The van der Waals surface area contributed by atoms with Gasteiger partial charge in [-0.05, 0) is 0 Å². The number of carbonyl (C=O) groups is 2. The number of carboxylic acid groups (broad SMARTS) is 1. The van der Waals surface area contributed by atoms with Crippen LogP contribution < -0.4 is 16.8 Å². The fourth-order valence-electron chi connectivity index (χ4n) is 0.583. The van der Waals surface area contributed by atoms with Gasteiger partial charge >= 0.3 is 5.97 Å². The quantitative estimate of drug-likeness (QED) is 0.311. The lowest BCUT2D eigenvalue weighted by Crippen LogP contribution is -2.52. The molecule has 0 saturated carbocycles. The summed E-state index contributed by atoms with van der Waals surface area (Å²) in [4.78, 5) is 21.3. The van der Waals surface area contributed by atoms with Crippen LogP contribution in [0.1, 0.15) is 0 Å². The van der Waals surface area contributed by atoms with E-state index in [-0.39, 0.29) is 6.54 Å². The minimum absolute atomic E-state index is 0.223. The van der Waals surface area contributed by atoms with Crippen LogP contribution >= 0.6 is 0 Å². The molecule has 0 aromatic rings. The normalized spacial score (nSPS) is 14.7. The Labute approximate surface area is 74.7 Å². The van der Waals surface area contributed by atoms with Crippen molar-refractivity contribution in [1.82, 2.24) is 5.32 Å². The molecule has 0 aromatic heterocycles. The minimum Gasteiger partial charge on any atom is -0.480 e. The number of nitrogens with one attached hydrogen (secondary N) is 1. The van der Waals surface area contributed by atoms with E-state index < -0.39 is 30.6 Å². The molecule has 7 heteroatoms. The van der Waals surface area contributed by atoms with Gasteiger partial charge in [-0.25, -0.2) is 4.79 Å². The number of amides is 1. The van der Waals surface area contributed by atoms with Gasteiger partial charge in [0, 0.05) is 6.54 Å². The second-order valence-corrected chi connectivity index (χ2v) is 2.42. The van der Waals surface area contributed by atoms with Crippen molar-refractivity contribution in [3.8, 4) is 0 Å². The highest BCUT2D eigenvalue weighted by Gasteiger charge is 2.21. The van der Waals surface area contributed by atoms with Crippen molar-refractivity contribution in [2.24, 2.45) is 11.5 Å². The van der Waals surface area contributed by atoms with Gasteiger partial charge in [0.2, 0.25) is 5.91 Å². The third-order valence-electron chi connectivity index (χ3n) is 1.38. The summed E-state index contributed by atoms with van der Waals surface area (Å²) in [7, 11) is 0. The molecule has 0 radical (unpaired) electrons. The molecule has 0 spiro atoms. The predicted molar refractivity (Wildman–Crippen MR) is 43.7 cm³/mol.